The number of sulfone groups is 1. The van der Waals surface area contributed by atoms with E-state index >= 15 is 0 Å². The van der Waals surface area contributed by atoms with E-state index in [1.165, 1.54) is 31.2 Å². The van der Waals surface area contributed by atoms with Crippen LogP contribution in [0.15, 0.2) is 30.9 Å². The van der Waals surface area contributed by atoms with Crippen molar-refractivity contribution < 1.29 is 22.3 Å². The summed E-state index contributed by atoms with van der Waals surface area (Å²) in [5, 5.41) is 15.0. The highest BCUT2D eigenvalue weighted by atomic mass is 32.2. The lowest BCUT2D eigenvalue weighted by molar-refractivity contribution is -0.0199. The van der Waals surface area contributed by atoms with Gasteiger partial charge in [-0.05, 0) is 19.9 Å². The molecule has 2 aromatic rings. The van der Waals surface area contributed by atoms with Gasteiger partial charge in [-0.15, -0.1) is 0 Å². The largest absolute Gasteiger partial charge is 0.381 e. The third kappa shape index (κ3) is 2.98. The molecule has 0 fully saturated rings. The van der Waals surface area contributed by atoms with Gasteiger partial charge in [-0.1, -0.05) is 6.07 Å². The minimum Gasteiger partial charge on any atom is -0.381 e. The van der Waals surface area contributed by atoms with E-state index in [4.69, 9.17) is 0 Å². The van der Waals surface area contributed by atoms with Crippen molar-refractivity contribution in [2.75, 3.05) is 6.26 Å². The highest BCUT2D eigenvalue weighted by Crippen LogP contribution is 2.40. The quantitative estimate of drug-likeness (QED) is 0.882. The molecule has 6 nitrogen and oxygen atoms in total. The maximum absolute atomic E-state index is 14.3. The lowest BCUT2D eigenvalue weighted by Crippen LogP contribution is -2.55. The summed E-state index contributed by atoms with van der Waals surface area (Å²) in [5.41, 5.74) is -2.52. The first-order chi connectivity index (χ1) is 10.5. The molecule has 1 aromatic heterocycles. The van der Waals surface area contributed by atoms with E-state index in [-0.39, 0.29) is 12.1 Å². The maximum atomic E-state index is 14.3. The lowest BCUT2D eigenvalue weighted by atomic mass is 9.82. The van der Waals surface area contributed by atoms with Crippen LogP contribution in [-0.4, -0.2) is 39.3 Å². The second-order valence-electron chi connectivity index (χ2n) is 5.86. The second kappa shape index (κ2) is 5.64. The van der Waals surface area contributed by atoms with Crippen molar-refractivity contribution in [2.24, 2.45) is 0 Å². The first kappa shape index (κ1) is 17.5. The lowest BCUT2D eigenvalue weighted by Gasteiger charge is -2.41. The van der Waals surface area contributed by atoms with Gasteiger partial charge in [0.2, 0.25) is 0 Å². The van der Waals surface area contributed by atoms with Crippen molar-refractivity contribution in [1.82, 2.24) is 14.8 Å². The molecule has 23 heavy (non-hydrogen) atoms. The smallest absolute Gasteiger partial charge is 0.155 e. The minimum absolute atomic E-state index is 0.329. The zero-order chi connectivity index (χ0) is 17.5. The molecule has 1 heterocycles. The van der Waals surface area contributed by atoms with Gasteiger partial charge in [0.25, 0.3) is 0 Å². The first-order valence-electron chi connectivity index (χ1n) is 6.69. The summed E-state index contributed by atoms with van der Waals surface area (Å²) in [5.74, 6) is -1.86. The third-order valence-electron chi connectivity index (χ3n) is 4.16. The summed E-state index contributed by atoms with van der Waals surface area (Å²) in [6, 6.07) is 2.59. The van der Waals surface area contributed by atoms with Gasteiger partial charge >= 0.3 is 0 Å². The summed E-state index contributed by atoms with van der Waals surface area (Å²) < 4.78 is 51.2. The molecular weight excluding hydrogens is 328 g/mol. The normalized spacial score (nSPS) is 15.4. The predicted octanol–water partition coefficient (Wildman–Crippen LogP) is 1.27. The van der Waals surface area contributed by atoms with E-state index in [0.29, 0.717) is 6.07 Å². The molecule has 0 saturated heterocycles. The minimum atomic E-state index is -3.81. The zero-order valence-corrected chi connectivity index (χ0v) is 13.7. The van der Waals surface area contributed by atoms with Gasteiger partial charge in [0.1, 0.15) is 34.6 Å². The third-order valence-corrected chi connectivity index (χ3v) is 6.35. The Labute approximate surface area is 132 Å². The van der Waals surface area contributed by atoms with Gasteiger partial charge < -0.3 is 5.11 Å². The monoisotopic (exact) mass is 345 g/mol. The van der Waals surface area contributed by atoms with Gasteiger partial charge in [0.05, 0.1) is 6.54 Å². The Balaban J connectivity index is 2.69. The van der Waals surface area contributed by atoms with E-state index in [9.17, 15) is 22.3 Å². The Bertz CT molecular complexity index is 807. The number of halogens is 2. The molecular formula is C14H17F2N3O3S. The summed E-state index contributed by atoms with van der Waals surface area (Å²) in [4.78, 5) is 3.72. The molecule has 2 rings (SSSR count). The van der Waals surface area contributed by atoms with E-state index < -0.39 is 31.8 Å². The van der Waals surface area contributed by atoms with Gasteiger partial charge in [0.15, 0.2) is 9.84 Å². The van der Waals surface area contributed by atoms with Gasteiger partial charge in [-0.3, -0.25) is 0 Å². The van der Waals surface area contributed by atoms with Crippen molar-refractivity contribution >= 4 is 9.84 Å². The number of nitrogens with zero attached hydrogens (tertiary/aromatic N) is 3. The molecule has 0 aliphatic heterocycles. The summed E-state index contributed by atoms with van der Waals surface area (Å²) >= 11 is 0. The van der Waals surface area contributed by atoms with E-state index in [2.05, 4.69) is 10.1 Å². The number of hydrogen-bond donors (Lipinski definition) is 1. The first-order valence-corrected chi connectivity index (χ1v) is 8.58. The number of aromatic nitrogens is 3. The Hall–Kier alpha value is -1.87. The molecule has 0 aliphatic carbocycles. The average molecular weight is 345 g/mol. The fourth-order valence-corrected chi connectivity index (χ4v) is 3.07. The van der Waals surface area contributed by atoms with Crippen LogP contribution in [0.2, 0.25) is 0 Å². The number of hydrogen-bond acceptors (Lipinski definition) is 5. The molecule has 0 aliphatic rings. The summed E-state index contributed by atoms with van der Waals surface area (Å²) in [6.07, 6.45) is 3.42. The van der Waals surface area contributed by atoms with Crippen molar-refractivity contribution in [3.05, 3.63) is 48.1 Å². The molecule has 1 aromatic carbocycles. The highest BCUT2D eigenvalue weighted by Gasteiger charge is 2.53. The molecule has 1 N–H and O–H groups in total. The van der Waals surface area contributed by atoms with Crippen LogP contribution in [0.4, 0.5) is 8.78 Å². The SMILES string of the molecule is CC(C)(C(O)(Cn1cncn1)c1ccc(F)cc1F)S(C)(=O)=O. The number of aliphatic hydroxyl groups is 1. The molecule has 9 heteroatoms. The highest BCUT2D eigenvalue weighted by molar-refractivity contribution is 7.92. The van der Waals surface area contributed by atoms with Crippen LogP contribution in [-0.2, 0) is 22.0 Å². The van der Waals surface area contributed by atoms with Crippen molar-refractivity contribution in [1.29, 1.82) is 0 Å². The molecule has 0 spiro atoms. The van der Waals surface area contributed by atoms with Crippen LogP contribution < -0.4 is 0 Å². The molecule has 0 saturated carbocycles. The van der Waals surface area contributed by atoms with E-state index in [1.54, 1.807) is 0 Å². The number of benzene rings is 1. The molecule has 1 unspecified atom stereocenters. The van der Waals surface area contributed by atoms with Crippen molar-refractivity contribution in [3.63, 3.8) is 0 Å². The zero-order valence-electron chi connectivity index (χ0n) is 12.9. The van der Waals surface area contributed by atoms with Crippen LogP contribution in [0.25, 0.3) is 0 Å². The van der Waals surface area contributed by atoms with Crippen molar-refractivity contribution in [3.8, 4) is 0 Å². The molecule has 126 valence electrons. The van der Waals surface area contributed by atoms with Crippen LogP contribution in [0.1, 0.15) is 19.4 Å². The molecule has 0 amide bonds. The standard InChI is InChI=1S/C14H17F2N3O3S/c1-13(2,23(3,21)22)14(20,7-19-9-17-8-18-19)11-5-4-10(15)6-12(11)16/h4-6,8-9,20H,7H2,1-3H3. The van der Waals surface area contributed by atoms with E-state index in [0.717, 1.165) is 18.4 Å². The Morgan fingerprint density at radius 2 is 1.96 bits per heavy atom. The molecule has 0 bridgehead atoms. The van der Waals surface area contributed by atoms with Crippen molar-refractivity contribution in [2.45, 2.75) is 30.7 Å². The maximum Gasteiger partial charge on any atom is 0.155 e. The van der Waals surface area contributed by atoms with Gasteiger partial charge in [0, 0.05) is 17.9 Å². The predicted molar refractivity (Wildman–Crippen MR) is 79.2 cm³/mol. The summed E-state index contributed by atoms with van der Waals surface area (Å²) in [6.45, 7) is 2.19. The Morgan fingerprint density at radius 1 is 1.30 bits per heavy atom. The van der Waals surface area contributed by atoms with Crippen LogP contribution in [0, 0.1) is 11.6 Å². The van der Waals surface area contributed by atoms with Gasteiger partial charge in [-0.25, -0.2) is 26.9 Å². The van der Waals surface area contributed by atoms with E-state index in [1.807, 2.05) is 0 Å². The molecule has 0 radical (unpaired) electrons. The second-order valence-corrected chi connectivity index (χ2v) is 8.42. The molecule has 1 atom stereocenters. The summed E-state index contributed by atoms with van der Waals surface area (Å²) in [7, 11) is -3.81. The Morgan fingerprint density at radius 3 is 2.43 bits per heavy atom. The van der Waals surface area contributed by atoms with Crippen LogP contribution >= 0.6 is 0 Å². The Kier molecular flexibility index (Phi) is 4.29. The number of rotatable bonds is 5. The fraction of sp³-hybridized carbons (Fsp3) is 0.429. The van der Waals surface area contributed by atoms with Crippen LogP contribution in [0.3, 0.4) is 0 Å². The fourth-order valence-electron chi connectivity index (χ4n) is 2.28. The topological polar surface area (TPSA) is 85.1 Å². The average Bonchev–Trinajstić information content (AvgIpc) is 2.89. The van der Waals surface area contributed by atoms with Gasteiger partial charge in [-0.2, -0.15) is 5.10 Å². The van der Waals surface area contributed by atoms with Crippen LogP contribution in [0.5, 0.6) is 0 Å².